The fraction of sp³-hybridized carbons (Fsp3) is 0.571. The number of halogens is 2. The minimum atomic E-state index is -2.97. The van der Waals surface area contributed by atoms with E-state index in [1.54, 1.807) is 0 Å². The van der Waals surface area contributed by atoms with Gasteiger partial charge >= 0.3 is 0 Å². The van der Waals surface area contributed by atoms with Crippen LogP contribution in [0.4, 0.5) is 0 Å². The first-order valence-corrected chi connectivity index (χ1v) is 10.2. The van der Waals surface area contributed by atoms with Gasteiger partial charge in [0.2, 0.25) is 0 Å². The molecule has 2 rings (SSSR count). The van der Waals surface area contributed by atoms with Crippen LogP contribution < -0.4 is 5.73 Å². The molecule has 0 aromatic heterocycles. The topological polar surface area (TPSA) is 60.2 Å². The third-order valence-electron chi connectivity index (χ3n) is 4.10. The predicted molar refractivity (Wildman–Crippen MR) is 89.4 cm³/mol. The maximum Gasteiger partial charge on any atom is 0.150 e. The minimum Gasteiger partial charge on any atom is -0.324 e. The van der Waals surface area contributed by atoms with E-state index in [0.29, 0.717) is 6.42 Å². The summed E-state index contributed by atoms with van der Waals surface area (Å²) < 4.78 is 25.5. The number of benzene rings is 1. The molecule has 3 atom stereocenters. The Morgan fingerprint density at radius 3 is 2.60 bits per heavy atom. The molecule has 2 N–H and O–H groups in total. The highest BCUT2D eigenvalue weighted by molar-refractivity contribution is 9.11. The summed E-state index contributed by atoms with van der Waals surface area (Å²) in [6.07, 6.45) is 4.70. The van der Waals surface area contributed by atoms with Gasteiger partial charge in [0, 0.05) is 21.2 Å². The Kier molecular flexibility index (Phi) is 5.32. The van der Waals surface area contributed by atoms with Crippen LogP contribution in [0.2, 0.25) is 0 Å². The fourth-order valence-corrected chi connectivity index (χ4v) is 5.42. The Labute approximate surface area is 137 Å². The van der Waals surface area contributed by atoms with Gasteiger partial charge in [0.25, 0.3) is 0 Å². The van der Waals surface area contributed by atoms with Crippen molar-refractivity contribution in [1.29, 1.82) is 0 Å². The molecule has 112 valence electrons. The van der Waals surface area contributed by atoms with Gasteiger partial charge in [-0.1, -0.05) is 44.3 Å². The maximum absolute atomic E-state index is 11.7. The molecule has 1 fully saturated rings. The highest BCUT2D eigenvalue weighted by Crippen LogP contribution is 2.38. The zero-order valence-electron chi connectivity index (χ0n) is 11.4. The van der Waals surface area contributed by atoms with Crippen molar-refractivity contribution in [3.05, 3.63) is 32.7 Å². The van der Waals surface area contributed by atoms with Gasteiger partial charge in [0.1, 0.15) is 9.84 Å². The van der Waals surface area contributed by atoms with Gasteiger partial charge in [0.05, 0.1) is 5.25 Å². The van der Waals surface area contributed by atoms with Gasteiger partial charge in [-0.05, 0) is 42.9 Å². The molecule has 0 heterocycles. The molecule has 1 saturated carbocycles. The summed E-state index contributed by atoms with van der Waals surface area (Å²) in [5.74, 6) is 0.223. The summed E-state index contributed by atoms with van der Waals surface area (Å²) in [4.78, 5) is 0. The molecule has 1 aliphatic rings. The van der Waals surface area contributed by atoms with E-state index < -0.39 is 9.84 Å². The van der Waals surface area contributed by atoms with E-state index in [-0.39, 0.29) is 17.2 Å². The van der Waals surface area contributed by atoms with Gasteiger partial charge in [-0.15, -0.1) is 0 Å². The van der Waals surface area contributed by atoms with Gasteiger partial charge < -0.3 is 5.73 Å². The standard InChI is InChI=1S/C14H19Br2NO2S/c1-20(18,19)11-4-2-3-9(7-11)14(17)12-6-5-10(15)8-13(12)16/h5-6,8-9,11,14H,2-4,7,17H2,1H3. The van der Waals surface area contributed by atoms with E-state index in [1.807, 2.05) is 18.2 Å². The molecule has 0 spiro atoms. The van der Waals surface area contributed by atoms with Crippen LogP contribution in [0.15, 0.2) is 27.1 Å². The number of hydrogen-bond acceptors (Lipinski definition) is 3. The number of rotatable bonds is 3. The van der Waals surface area contributed by atoms with Crippen LogP contribution in [0.1, 0.15) is 37.3 Å². The highest BCUT2D eigenvalue weighted by Gasteiger charge is 2.32. The van der Waals surface area contributed by atoms with Crippen LogP contribution in [-0.4, -0.2) is 19.9 Å². The first-order chi connectivity index (χ1) is 9.29. The lowest BCUT2D eigenvalue weighted by Gasteiger charge is -2.32. The largest absolute Gasteiger partial charge is 0.324 e. The van der Waals surface area contributed by atoms with E-state index in [9.17, 15) is 8.42 Å². The quantitative estimate of drug-likeness (QED) is 0.802. The number of nitrogens with two attached hydrogens (primary N) is 1. The summed E-state index contributed by atoms with van der Waals surface area (Å²) in [6, 6.07) is 5.83. The third kappa shape index (κ3) is 3.84. The lowest BCUT2D eigenvalue weighted by Crippen LogP contribution is -2.33. The van der Waals surface area contributed by atoms with Gasteiger partial charge in [0.15, 0.2) is 0 Å². The molecule has 0 amide bonds. The van der Waals surface area contributed by atoms with Crippen molar-refractivity contribution in [2.75, 3.05) is 6.26 Å². The maximum atomic E-state index is 11.7. The van der Waals surface area contributed by atoms with Crippen LogP contribution in [0.3, 0.4) is 0 Å². The van der Waals surface area contributed by atoms with Crippen LogP contribution in [-0.2, 0) is 9.84 Å². The molecule has 3 nitrogen and oxygen atoms in total. The van der Waals surface area contributed by atoms with E-state index >= 15 is 0 Å². The highest BCUT2D eigenvalue weighted by atomic mass is 79.9. The lowest BCUT2D eigenvalue weighted by molar-refractivity contribution is 0.308. The summed E-state index contributed by atoms with van der Waals surface area (Å²) in [6.45, 7) is 0. The van der Waals surface area contributed by atoms with E-state index in [1.165, 1.54) is 6.26 Å². The molecule has 0 aliphatic heterocycles. The smallest absolute Gasteiger partial charge is 0.150 e. The second-order valence-corrected chi connectivity index (χ2v) is 9.67. The normalized spacial score (nSPS) is 25.4. The average molecular weight is 425 g/mol. The van der Waals surface area contributed by atoms with Crippen LogP contribution in [0.25, 0.3) is 0 Å². The summed E-state index contributed by atoms with van der Waals surface area (Å²) >= 11 is 6.97. The fourth-order valence-electron chi connectivity index (χ4n) is 2.92. The van der Waals surface area contributed by atoms with Crippen LogP contribution in [0, 0.1) is 5.92 Å². The van der Waals surface area contributed by atoms with Crippen molar-refractivity contribution in [2.24, 2.45) is 11.7 Å². The van der Waals surface area contributed by atoms with Crippen molar-refractivity contribution in [3.8, 4) is 0 Å². The first kappa shape index (κ1) is 16.5. The Morgan fingerprint density at radius 2 is 2.00 bits per heavy atom. The van der Waals surface area contributed by atoms with E-state index in [0.717, 1.165) is 33.8 Å². The van der Waals surface area contributed by atoms with Crippen molar-refractivity contribution in [2.45, 2.75) is 37.0 Å². The number of hydrogen-bond donors (Lipinski definition) is 1. The van der Waals surface area contributed by atoms with Crippen molar-refractivity contribution >= 4 is 41.7 Å². The number of sulfone groups is 1. The summed E-state index contributed by atoms with van der Waals surface area (Å²) in [5.41, 5.74) is 7.43. The zero-order valence-corrected chi connectivity index (χ0v) is 15.3. The van der Waals surface area contributed by atoms with E-state index in [4.69, 9.17) is 5.73 Å². The summed E-state index contributed by atoms with van der Waals surface area (Å²) in [5, 5.41) is -0.235. The molecule has 20 heavy (non-hydrogen) atoms. The molecule has 6 heteroatoms. The molecular formula is C14H19Br2NO2S. The van der Waals surface area contributed by atoms with Crippen LogP contribution in [0.5, 0.6) is 0 Å². The second kappa shape index (κ2) is 6.46. The van der Waals surface area contributed by atoms with Gasteiger partial charge in [-0.2, -0.15) is 0 Å². The van der Waals surface area contributed by atoms with Crippen molar-refractivity contribution in [1.82, 2.24) is 0 Å². The molecule has 0 radical (unpaired) electrons. The van der Waals surface area contributed by atoms with Gasteiger partial charge in [-0.25, -0.2) is 8.42 Å². The minimum absolute atomic E-state index is 0.123. The average Bonchev–Trinajstić information content (AvgIpc) is 2.37. The zero-order chi connectivity index (χ0) is 14.9. The SMILES string of the molecule is CS(=O)(=O)C1CCCC(C(N)c2ccc(Br)cc2Br)C1. The predicted octanol–water partition coefficient (Wildman–Crippen LogP) is 3.81. The second-order valence-electron chi connectivity index (χ2n) is 5.57. The lowest BCUT2D eigenvalue weighted by atomic mass is 9.81. The molecule has 1 aromatic carbocycles. The molecule has 0 bridgehead atoms. The van der Waals surface area contributed by atoms with Crippen molar-refractivity contribution < 1.29 is 8.42 Å². The van der Waals surface area contributed by atoms with Crippen molar-refractivity contribution in [3.63, 3.8) is 0 Å². The third-order valence-corrected chi connectivity index (χ3v) is 6.92. The monoisotopic (exact) mass is 423 g/mol. The molecule has 1 aliphatic carbocycles. The Bertz CT molecular complexity index is 589. The Morgan fingerprint density at radius 1 is 1.30 bits per heavy atom. The molecular weight excluding hydrogens is 406 g/mol. The molecule has 1 aromatic rings. The van der Waals surface area contributed by atoms with Gasteiger partial charge in [-0.3, -0.25) is 0 Å². The molecule has 0 saturated heterocycles. The molecule has 3 unspecified atom stereocenters. The van der Waals surface area contributed by atoms with E-state index in [2.05, 4.69) is 31.9 Å². The first-order valence-electron chi connectivity index (χ1n) is 6.68. The Balaban J connectivity index is 2.18. The van der Waals surface area contributed by atoms with Crippen LogP contribution >= 0.6 is 31.9 Å². The summed E-state index contributed by atoms with van der Waals surface area (Å²) in [7, 11) is -2.97. The Hall–Kier alpha value is 0.0900.